The van der Waals surface area contributed by atoms with Crippen molar-refractivity contribution in [1.82, 2.24) is 4.90 Å². The molecule has 0 radical (unpaired) electrons. The molecule has 1 amide bonds. The molecule has 10 nitrogen and oxygen atoms in total. The van der Waals surface area contributed by atoms with Crippen molar-refractivity contribution in [3.63, 3.8) is 0 Å². The Balaban J connectivity index is 1.89. The zero-order valence-electron chi connectivity index (χ0n) is 18.9. The average Bonchev–Trinajstić information content (AvgIpc) is 2.70. The molecule has 33 heavy (non-hydrogen) atoms. The van der Waals surface area contributed by atoms with Crippen LogP contribution in [0, 0.1) is 23.7 Å². The van der Waals surface area contributed by atoms with E-state index < -0.39 is 64.4 Å². The van der Waals surface area contributed by atoms with Crippen molar-refractivity contribution in [1.29, 1.82) is 0 Å². The van der Waals surface area contributed by atoms with Gasteiger partial charge in [-0.25, -0.2) is 0 Å². The van der Waals surface area contributed by atoms with Gasteiger partial charge in [-0.1, -0.05) is 0 Å². The monoisotopic (exact) mass is 457 g/mol. The maximum atomic E-state index is 13.7. The Morgan fingerprint density at radius 2 is 1.73 bits per heavy atom. The Hall–Kier alpha value is -3.11. The van der Waals surface area contributed by atoms with Crippen molar-refractivity contribution in [2.45, 2.75) is 24.5 Å². The number of aliphatic hydroxyl groups is 1. The molecular weight excluding hydrogens is 430 g/mol. The van der Waals surface area contributed by atoms with Gasteiger partial charge in [0.2, 0.25) is 5.91 Å². The fourth-order valence-corrected chi connectivity index (χ4v) is 6.01. The van der Waals surface area contributed by atoms with Gasteiger partial charge in [0.15, 0.2) is 34.7 Å². The van der Waals surface area contributed by atoms with Gasteiger partial charge in [-0.3, -0.25) is 28.9 Å². The first-order valence-electron chi connectivity index (χ1n) is 10.7. The summed E-state index contributed by atoms with van der Waals surface area (Å²) in [5.41, 5.74) is 3.87. The molecule has 4 rings (SSSR count). The highest BCUT2D eigenvalue weighted by Gasteiger charge is 2.69. The highest BCUT2D eigenvalue weighted by molar-refractivity contribution is 6.32. The van der Waals surface area contributed by atoms with Gasteiger partial charge < -0.3 is 20.8 Å². The molecule has 3 aliphatic carbocycles. The Bertz CT molecular complexity index is 1110. The van der Waals surface area contributed by atoms with E-state index in [0.29, 0.717) is 11.3 Å². The van der Waals surface area contributed by atoms with Crippen molar-refractivity contribution in [2.24, 2.45) is 29.4 Å². The summed E-state index contributed by atoms with van der Waals surface area (Å²) in [7, 11) is 6.69. The lowest BCUT2D eigenvalue weighted by molar-refractivity contribution is -0.181. The first kappa shape index (κ1) is 23.1. The number of phenolic OH excluding ortho intramolecular Hbond substituents is 1. The maximum Gasteiger partial charge on any atom is 0.235 e. The molecule has 6 atom stereocenters. The minimum Gasteiger partial charge on any atom is -0.507 e. The van der Waals surface area contributed by atoms with E-state index in [1.54, 1.807) is 39.2 Å². The third-order valence-electron chi connectivity index (χ3n) is 7.40. The van der Waals surface area contributed by atoms with Crippen molar-refractivity contribution < 1.29 is 34.2 Å². The first-order valence-corrected chi connectivity index (χ1v) is 10.7. The molecule has 0 aliphatic heterocycles. The van der Waals surface area contributed by atoms with Crippen LogP contribution in [0.4, 0.5) is 5.69 Å². The van der Waals surface area contributed by atoms with Crippen LogP contribution in [-0.4, -0.2) is 84.0 Å². The number of carbonyl (C=O) groups is 5. The third kappa shape index (κ3) is 2.97. The number of carbonyl (C=O) groups excluding carboxylic acids is 5. The molecule has 4 N–H and O–H groups in total. The number of Topliss-reactive ketones (excluding diaryl/α,β-unsaturated/α-hetero) is 4. The molecule has 2 fully saturated rings. The number of benzene rings is 1. The number of amides is 1. The normalized spacial score (nSPS) is 33.5. The number of rotatable bonds is 3. The molecule has 0 aromatic heterocycles. The van der Waals surface area contributed by atoms with Gasteiger partial charge in [-0.15, -0.1) is 0 Å². The summed E-state index contributed by atoms with van der Waals surface area (Å²) in [4.78, 5) is 68.6. The van der Waals surface area contributed by atoms with Crippen LogP contribution < -0.4 is 10.6 Å². The summed E-state index contributed by atoms with van der Waals surface area (Å²) >= 11 is 0. The number of nitrogens with zero attached hydrogens (tertiary/aromatic N) is 2. The van der Waals surface area contributed by atoms with Crippen LogP contribution in [0.2, 0.25) is 0 Å². The topological polar surface area (TPSA) is 158 Å². The lowest BCUT2D eigenvalue weighted by Crippen LogP contribution is -2.74. The molecule has 10 heteroatoms. The van der Waals surface area contributed by atoms with E-state index in [-0.39, 0.29) is 24.2 Å². The van der Waals surface area contributed by atoms with Gasteiger partial charge in [-0.2, -0.15) is 0 Å². The van der Waals surface area contributed by atoms with Gasteiger partial charge in [-0.05, 0) is 50.6 Å². The van der Waals surface area contributed by atoms with E-state index in [4.69, 9.17) is 5.73 Å². The minimum atomic E-state index is -2.70. The fourth-order valence-electron chi connectivity index (χ4n) is 6.01. The van der Waals surface area contributed by atoms with Gasteiger partial charge in [0.05, 0.1) is 17.5 Å². The van der Waals surface area contributed by atoms with Crippen molar-refractivity contribution in [2.75, 3.05) is 33.1 Å². The first-order chi connectivity index (χ1) is 15.3. The zero-order chi connectivity index (χ0) is 24.6. The van der Waals surface area contributed by atoms with Crippen LogP contribution in [0.3, 0.4) is 0 Å². The summed E-state index contributed by atoms with van der Waals surface area (Å²) in [5.74, 6) is -10.3. The third-order valence-corrected chi connectivity index (χ3v) is 7.40. The molecule has 0 bridgehead atoms. The number of likely N-dealkylation sites (N-methyl/N-ethyl adjacent to an activating group) is 1. The second kappa shape index (κ2) is 7.46. The maximum absolute atomic E-state index is 13.7. The van der Waals surface area contributed by atoms with E-state index in [2.05, 4.69) is 0 Å². The molecule has 2 saturated carbocycles. The number of hydrogen-bond donors (Lipinski definition) is 3. The molecular formula is C23H27N3O7. The number of anilines is 1. The largest absolute Gasteiger partial charge is 0.507 e. The summed E-state index contributed by atoms with van der Waals surface area (Å²) in [6.45, 7) is 0. The van der Waals surface area contributed by atoms with Crippen LogP contribution in [0.25, 0.3) is 0 Å². The molecule has 0 heterocycles. The van der Waals surface area contributed by atoms with Crippen LogP contribution in [0.15, 0.2) is 12.1 Å². The predicted molar refractivity (Wildman–Crippen MR) is 116 cm³/mol. The number of nitrogens with two attached hydrogens (primary N) is 1. The number of ketones is 4. The Kier molecular flexibility index (Phi) is 5.21. The van der Waals surface area contributed by atoms with Crippen molar-refractivity contribution >= 4 is 34.7 Å². The summed E-state index contributed by atoms with van der Waals surface area (Å²) in [6.07, 6.45) is 0.278. The lowest BCUT2D eigenvalue weighted by atomic mass is 9.52. The van der Waals surface area contributed by atoms with E-state index in [1.807, 2.05) is 0 Å². The molecule has 176 valence electrons. The quantitative estimate of drug-likeness (QED) is 0.481. The Morgan fingerprint density at radius 1 is 1.09 bits per heavy atom. The van der Waals surface area contributed by atoms with Crippen LogP contribution in [0.5, 0.6) is 5.75 Å². The number of primary amides is 1. The molecule has 0 spiro atoms. The number of fused-ring (bicyclic) bond motifs is 3. The predicted octanol–water partition coefficient (Wildman–Crippen LogP) is -1.07. The van der Waals surface area contributed by atoms with Crippen LogP contribution >= 0.6 is 0 Å². The summed E-state index contributed by atoms with van der Waals surface area (Å²) < 4.78 is 0. The second-order valence-corrected chi connectivity index (χ2v) is 9.64. The van der Waals surface area contributed by atoms with Gasteiger partial charge >= 0.3 is 0 Å². The molecule has 0 saturated heterocycles. The smallest absolute Gasteiger partial charge is 0.235 e. The van der Waals surface area contributed by atoms with Crippen molar-refractivity contribution in [3.8, 4) is 5.75 Å². The van der Waals surface area contributed by atoms with E-state index in [0.717, 1.165) is 0 Å². The average molecular weight is 457 g/mol. The summed E-state index contributed by atoms with van der Waals surface area (Å²) in [6, 6.07) is 1.94. The SMILES string of the molecule is CN(C)c1ccc(O)c2c1C[C@H]1C[C@H]3[C@@H](N(C)C)C(=O)C(C(N)=O)C(=O)[C@@]3(O)C(=O)C1C2=O. The lowest BCUT2D eigenvalue weighted by Gasteiger charge is -2.52. The fraction of sp³-hybridized carbons (Fsp3) is 0.522. The van der Waals surface area contributed by atoms with E-state index in [9.17, 15) is 34.2 Å². The zero-order valence-corrected chi connectivity index (χ0v) is 18.9. The minimum absolute atomic E-state index is 0.00667. The Morgan fingerprint density at radius 3 is 2.27 bits per heavy atom. The van der Waals surface area contributed by atoms with Gasteiger partial charge in [0.25, 0.3) is 0 Å². The van der Waals surface area contributed by atoms with Gasteiger partial charge in [0, 0.05) is 25.7 Å². The molecule has 1 aromatic rings. The number of phenols is 1. The molecule has 1 aromatic carbocycles. The highest BCUT2D eigenvalue weighted by Crippen LogP contribution is 2.51. The number of hydrogen-bond acceptors (Lipinski definition) is 9. The standard InChI is InChI=1S/C23H27N3O7/c1-25(2)12-5-6-13(27)15-10(12)7-9-8-11-17(26(3)4)19(29)16(22(24)32)21(31)23(11,33)20(30)14(9)18(15)28/h5-6,9,11,14,16-17,27,33H,7-8H2,1-4H3,(H2,24,32)/t9-,11-,14?,16?,17+,23-/m0/s1. The van der Waals surface area contributed by atoms with Crippen molar-refractivity contribution in [3.05, 3.63) is 23.3 Å². The number of aromatic hydroxyl groups is 1. The van der Waals surface area contributed by atoms with E-state index in [1.165, 1.54) is 11.0 Å². The molecule has 2 unspecified atom stereocenters. The van der Waals surface area contributed by atoms with E-state index >= 15 is 0 Å². The van der Waals surface area contributed by atoms with Gasteiger partial charge in [0.1, 0.15) is 5.75 Å². The van der Waals surface area contributed by atoms with Crippen LogP contribution in [0.1, 0.15) is 22.3 Å². The molecule has 3 aliphatic rings. The highest BCUT2D eigenvalue weighted by atomic mass is 16.3. The summed E-state index contributed by atoms with van der Waals surface area (Å²) in [5, 5.41) is 21.9. The second-order valence-electron chi connectivity index (χ2n) is 9.64. The Labute approximate surface area is 190 Å². The van der Waals surface area contributed by atoms with Crippen LogP contribution in [-0.2, 0) is 25.6 Å².